The largest absolute Gasteiger partial charge is 0.380 e. The van der Waals surface area contributed by atoms with Gasteiger partial charge in [0.05, 0.1) is 5.56 Å². The molecule has 2 rings (SSSR count). The first kappa shape index (κ1) is 12.8. The molecule has 1 heterocycles. The molecule has 1 aromatic carbocycles. The molecule has 0 spiro atoms. The van der Waals surface area contributed by atoms with Gasteiger partial charge in [0.2, 0.25) is 5.82 Å². The maximum atomic E-state index is 13.4. The zero-order chi connectivity index (χ0) is 13.6. The van der Waals surface area contributed by atoms with E-state index in [0.29, 0.717) is 0 Å². The van der Waals surface area contributed by atoms with E-state index in [1.54, 1.807) is 0 Å². The fourth-order valence-electron chi connectivity index (χ4n) is 1.25. The minimum atomic E-state index is -2.25. The number of nitrogens with two attached hydrogens (primary N) is 1. The maximum Gasteiger partial charge on any atom is 0.200 e. The Morgan fingerprint density at radius 3 is 1.72 bits per heavy atom. The number of aromatic nitrogens is 1. The van der Waals surface area contributed by atoms with Gasteiger partial charge in [0.1, 0.15) is 4.47 Å². The second-order valence-electron chi connectivity index (χ2n) is 3.16. The Morgan fingerprint density at radius 1 is 0.889 bits per heavy atom. The molecule has 18 heavy (non-hydrogen) atoms. The molecule has 2 N–H and O–H groups in total. The van der Waals surface area contributed by atoms with Crippen LogP contribution in [0, 0.1) is 29.1 Å². The molecular formula is C9H2BrF5N2O. The molecule has 0 fully saturated rings. The van der Waals surface area contributed by atoms with Gasteiger partial charge in [-0.2, -0.15) is 0 Å². The fourth-order valence-corrected chi connectivity index (χ4v) is 1.59. The average molecular weight is 329 g/mol. The Labute approximate surface area is 104 Å². The number of nitrogens with zero attached hydrogens (tertiary/aromatic N) is 1. The van der Waals surface area contributed by atoms with E-state index < -0.39 is 40.4 Å². The van der Waals surface area contributed by atoms with E-state index in [1.807, 2.05) is 0 Å². The summed E-state index contributed by atoms with van der Waals surface area (Å²) in [6, 6.07) is 0. The Kier molecular flexibility index (Phi) is 3.01. The van der Waals surface area contributed by atoms with Gasteiger partial charge in [-0.15, -0.1) is 0 Å². The molecular weight excluding hydrogens is 327 g/mol. The SMILES string of the molecule is Nc1noc(-c2c(F)c(F)c(F)c(F)c2F)c1Br. The minimum Gasteiger partial charge on any atom is -0.380 e. The second-order valence-corrected chi connectivity index (χ2v) is 3.95. The van der Waals surface area contributed by atoms with Gasteiger partial charge in [0, 0.05) is 0 Å². The third kappa shape index (κ3) is 1.65. The summed E-state index contributed by atoms with van der Waals surface area (Å²) >= 11 is 2.77. The van der Waals surface area contributed by atoms with E-state index in [2.05, 4.69) is 25.6 Å². The van der Waals surface area contributed by atoms with Crippen LogP contribution in [0.5, 0.6) is 0 Å². The molecule has 2 aromatic rings. The molecule has 0 radical (unpaired) electrons. The van der Waals surface area contributed by atoms with Gasteiger partial charge in [-0.1, -0.05) is 5.16 Å². The van der Waals surface area contributed by atoms with Crippen molar-refractivity contribution in [3.05, 3.63) is 33.6 Å². The molecule has 0 amide bonds. The van der Waals surface area contributed by atoms with Crippen molar-refractivity contribution in [1.29, 1.82) is 0 Å². The van der Waals surface area contributed by atoms with Crippen LogP contribution < -0.4 is 5.73 Å². The predicted molar refractivity (Wildman–Crippen MR) is 53.8 cm³/mol. The molecule has 0 atom stereocenters. The Bertz CT molecular complexity index is 613. The molecule has 0 unspecified atom stereocenters. The van der Waals surface area contributed by atoms with Crippen LogP contribution in [0.15, 0.2) is 9.00 Å². The van der Waals surface area contributed by atoms with Gasteiger partial charge in [0.25, 0.3) is 0 Å². The summed E-state index contributed by atoms with van der Waals surface area (Å²) in [4.78, 5) is 0. The van der Waals surface area contributed by atoms with Crippen molar-refractivity contribution in [1.82, 2.24) is 5.16 Å². The van der Waals surface area contributed by atoms with Crippen molar-refractivity contribution < 1.29 is 26.5 Å². The highest BCUT2D eigenvalue weighted by Gasteiger charge is 2.30. The van der Waals surface area contributed by atoms with Crippen molar-refractivity contribution in [3.8, 4) is 11.3 Å². The zero-order valence-electron chi connectivity index (χ0n) is 8.20. The summed E-state index contributed by atoms with van der Waals surface area (Å²) in [5, 5.41) is 3.14. The Balaban J connectivity index is 2.84. The topological polar surface area (TPSA) is 52.0 Å². The third-order valence-electron chi connectivity index (χ3n) is 2.10. The first-order valence-corrected chi connectivity index (χ1v) is 5.08. The van der Waals surface area contributed by atoms with Gasteiger partial charge < -0.3 is 10.3 Å². The third-order valence-corrected chi connectivity index (χ3v) is 2.86. The van der Waals surface area contributed by atoms with Gasteiger partial charge in [0.15, 0.2) is 34.8 Å². The first-order chi connectivity index (χ1) is 8.36. The summed E-state index contributed by atoms with van der Waals surface area (Å²) in [6.45, 7) is 0. The summed E-state index contributed by atoms with van der Waals surface area (Å²) < 4.78 is 69.8. The van der Waals surface area contributed by atoms with Crippen LogP contribution in [0.3, 0.4) is 0 Å². The molecule has 0 saturated carbocycles. The van der Waals surface area contributed by atoms with E-state index in [-0.39, 0.29) is 10.3 Å². The summed E-state index contributed by atoms with van der Waals surface area (Å²) in [6.07, 6.45) is 0. The lowest BCUT2D eigenvalue weighted by molar-refractivity contribution is 0.373. The van der Waals surface area contributed by atoms with Crippen molar-refractivity contribution in [2.75, 3.05) is 5.73 Å². The number of halogens is 6. The van der Waals surface area contributed by atoms with Gasteiger partial charge in [-0.3, -0.25) is 0 Å². The number of nitrogen functional groups attached to an aromatic ring is 1. The number of rotatable bonds is 1. The van der Waals surface area contributed by atoms with E-state index in [0.717, 1.165) is 0 Å². The Morgan fingerprint density at radius 2 is 1.33 bits per heavy atom. The van der Waals surface area contributed by atoms with E-state index in [1.165, 1.54) is 0 Å². The lowest BCUT2D eigenvalue weighted by atomic mass is 10.1. The number of anilines is 1. The van der Waals surface area contributed by atoms with Crippen LogP contribution in [0.4, 0.5) is 27.8 Å². The maximum absolute atomic E-state index is 13.4. The Hall–Kier alpha value is -1.64. The van der Waals surface area contributed by atoms with E-state index in [4.69, 9.17) is 5.73 Å². The normalized spacial score (nSPS) is 11.0. The molecule has 1 aromatic heterocycles. The standard InChI is InChI=1S/C9H2BrF5N2O/c10-2-8(18-17-9(2)16)1-3(11)5(13)7(15)6(14)4(1)12/h(H2,16,17). The minimum absolute atomic E-state index is 0.203. The smallest absolute Gasteiger partial charge is 0.200 e. The summed E-state index contributed by atoms with van der Waals surface area (Å²) in [5.74, 6) is -11.4. The second kappa shape index (κ2) is 4.23. The quantitative estimate of drug-likeness (QED) is 0.496. The molecule has 0 bridgehead atoms. The van der Waals surface area contributed by atoms with Crippen molar-refractivity contribution in [2.24, 2.45) is 0 Å². The monoisotopic (exact) mass is 328 g/mol. The lowest BCUT2D eigenvalue weighted by Crippen LogP contribution is -2.03. The van der Waals surface area contributed by atoms with Crippen LogP contribution in [-0.2, 0) is 0 Å². The zero-order valence-corrected chi connectivity index (χ0v) is 9.79. The molecule has 96 valence electrons. The molecule has 0 aliphatic heterocycles. The first-order valence-electron chi connectivity index (χ1n) is 4.28. The molecule has 0 saturated heterocycles. The van der Waals surface area contributed by atoms with Crippen LogP contribution in [0.25, 0.3) is 11.3 Å². The number of hydrogen-bond donors (Lipinski definition) is 1. The van der Waals surface area contributed by atoms with Crippen molar-refractivity contribution in [3.63, 3.8) is 0 Å². The van der Waals surface area contributed by atoms with Crippen LogP contribution >= 0.6 is 15.9 Å². The van der Waals surface area contributed by atoms with Crippen LogP contribution in [0.1, 0.15) is 0 Å². The highest BCUT2D eigenvalue weighted by molar-refractivity contribution is 9.10. The average Bonchev–Trinajstić information content (AvgIpc) is 2.66. The number of hydrogen-bond acceptors (Lipinski definition) is 3. The lowest BCUT2D eigenvalue weighted by Gasteiger charge is -2.05. The van der Waals surface area contributed by atoms with Crippen molar-refractivity contribution in [2.45, 2.75) is 0 Å². The van der Waals surface area contributed by atoms with Gasteiger partial charge >= 0.3 is 0 Å². The summed E-state index contributed by atoms with van der Waals surface area (Å²) in [7, 11) is 0. The van der Waals surface area contributed by atoms with E-state index in [9.17, 15) is 22.0 Å². The van der Waals surface area contributed by atoms with Gasteiger partial charge in [-0.25, -0.2) is 22.0 Å². The highest BCUT2D eigenvalue weighted by atomic mass is 79.9. The number of benzene rings is 1. The fraction of sp³-hybridized carbons (Fsp3) is 0. The van der Waals surface area contributed by atoms with E-state index >= 15 is 0 Å². The molecule has 9 heteroatoms. The van der Waals surface area contributed by atoms with Crippen molar-refractivity contribution >= 4 is 21.7 Å². The highest BCUT2D eigenvalue weighted by Crippen LogP contribution is 2.37. The predicted octanol–water partition coefficient (Wildman–Crippen LogP) is 3.38. The molecule has 0 aliphatic rings. The molecule has 0 aliphatic carbocycles. The molecule has 3 nitrogen and oxygen atoms in total. The summed E-state index contributed by atoms with van der Waals surface area (Å²) in [5.41, 5.74) is 3.99. The van der Waals surface area contributed by atoms with Gasteiger partial charge in [-0.05, 0) is 15.9 Å². The van der Waals surface area contributed by atoms with Crippen LogP contribution in [-0.4, -0.2) is 5.16 Å². The van der Waals surface area contributed by atoms with Crippen LogP contribution in [0.2, 0.25) is 0 Å².